The summed E-state index contributed by atoms with van der Waals surface area (Å²) in [7, 11) is 0. The zero-order valence-electron chi connectivity index (χ0n) is 23.8. The molecule has 1 unspecified atom stereocenters. The molecule has 44 heavy (non-hydrogen) atoms. The molecule has 2 amide bonds. The second-order valence-electron chi connectivity index (χ2n) is 10.1. The van der Waals surface area contributed by atoms with E-state index in [0.29, 0.717) is 16.8 Å². The Morgan fingerprint density at radius 3 is 2.16 bits per heavy atom. The molecule has 6 aromatic rings. The van der Waals surface area contributed by atoms with Gasteiger partial charge in [-0.05, 0) is 67.1 Å². The summed E-state index contributed by atoms with van der Waals surface area (Å²) in [6, 6.07) is 35.4. The van der Waals surface area contributed by atoms with Gasteiger partial charge in [-0.2, -0.15) is 0 Å². The van der Waals surface area contributed by atoms with Gasteiger partial charge >= 0.3 is 0 Å². The molecule has 6 rings (SSSR count). The van der Waals surface area contributed by atoms with E-state index in [1.165, 1.54) is 11.8 Å². The van der Waals surface area contributed by atoms with Crippen LogP contribution in [0.2, 0.25) is 0 Å². The van der Waals surface area contributed by atoms with Gasteiger partial charge in [0.1, 0.15) is 5.70 Å². The molecule has 0 radical (unpaired) electrons. The maximum atomic E-state index is 13.8. The second kappa shape index (κ2) is 12.8. The van der Waals surface area contributed by atoms with Gasteiger partial charge in [0.05, 0.1) is 16.3 Å². The molecule has 1 atom stereocenters. The average Bonchev–Trinajstić information content (AvgIpc) is 3.39. The van der Waals surface area contributed by atoms with E-state index in [1.807, 2.05) is 79.7 Å². The predicted octanol–water partition coefficient (Wildman–Crippen LogP) is 7.42. The van der Waals surface area contributed by atoms with Crippen LogP contribution in [0.1, 0.15) is 27.6 Å². The fraction of sp³-hybridized carbons (Fsp3) is 0.0556. The predicted molar refractivity (Wildman–Crippen MR) is 177 cm³/mol. The van der Waals surface area contributed by atoms with Gasteiger partial charge in [0.15, 0.2) is 0 Å². The van der Waals surface area contributed by atoms with E-state index in [1.54, 1.807) is 65.5 Å². The standard InChI is InChI=1S/C36H28N4O3S/c1-24(36(43)40-32-18-7-5-16-29(32)30-17-6-8-19-33(30)40)44-28-15-9-14-27(22-28)38-35(42)31(21-25-11-10-20-37-23-25)39-34(41)26-12-3-2-4-13-26/h2-24H,1H3,(H,38,42)(H,39,41)/b31-21+. The molecule has 4 aromatic carbocycles. The summed E-state index contributed by atoms with van der Waals surface area (Å²) in [4.78, 5) is 45.1. The van der Waals surface area contributed by atoms with Crippen LogP contribution in [-0.2, 0) is 4.79 Å². The number of thioether (sulfide) groups is 1. The van der Waals surface area contributed by atoms with E-state index in [-0.39, 0.29) is 11.6 Å². The molecule has 0 aliphatic rings. The first kappa shape index (κ1) is 28.6. The summed E-state index contributed by atoms with van der Waals surface area (Å²) in [5.41, 5.74) is 3.43. The number of aromatic nitrogens is 2. The average molecular weight is 597 g/mol. The van der Waals surface area contributed by atoms with Gasteiger partial charge in [-0.25, -0.2) is 0 Å². The quantitative estimate of drug-likeness (QED) is 0.141. The number of benzene rings is 4. The van der Waals surface area contributed by atoms with Crippen molar-refractivity contribution in [1.82, 2.24) is 14.9 Å². The van der Waals surface area contributed by atoms with Gasteiger partial charge in [0, 0.05) is 39.3 Å². The number of pyridine rings is 1. The smallest absolute Gasteiger partial charge is 0.272 e. The van der Waals surface area contributed by atoms with Crippen molar-refractivity contribution >= 4 is 63.1 Å². The van der Waals surface area contributed by atoms with E-state index in [9.17, 15) is 14.4 Å². The van der Waals surface area contributed by atoms with Crippen LogP contribution < -0.4 is 10.6 Å². The molecule has 0 saturated carbocycles. The molecular weight excluding hydrogens is 568 g/mol. The summed E-state index contributed by atoms with van der Waals surface area (Å²) in [6.07, 6.45) is 4.82. The van der Waals surface area contributed by atoms with Crippen LogP contribution >= 0.6 is 11.8 Å². The molecule has 0 aliphatic carbocycles. The molecule has 0 bridgehead atoms. The third-order valence-electron chi connectivity index (χ3n) is 7.08. The minimum absolute atomic E-state index is 0.0350. The van der Waals surface area contributed by atoms with Crippen molar-refractivity contribution in [2.24, 2.45) is 0 Å². The van der Waals surface area contributed by atoms with Crippen LogP contribution in [0, 0.1) is 0 Å². The van der Waals surface area contributed by atoms with Gasteiger partial charge in [-0.15, -0.1) is 11.8 Å². The minimum Gasteiger partial charge on any atom is -0.321 e. The zero-order chi connectivity index (χ0) is 30.5. The number of carbonyl (C=O) groups is 3. The van der Waals surface area contributed by atoms with Gasteiger partial charge in [0.25, 0.3) is 11.8 Å². The number of nitrogens with zero attached hydrogens (tertiary/aromatic N) is 2. The van der Waals surface area contributed by atoms with Gasteiger partial charge in [0.2, 0.25) is 5.91 Å². The fourth-order valence-corrected chi connectivity index (χ4v) is 5.98. The van der Waals surface area contributed by atoms with Crippen molar-refractivity contribution in [2.75, 3.05) is 5.32 Å². The van der Waals surface area contributed by atoms with Crippen LogP contribution in [-0.4, -0.2) is 32.5 Å². The lowest BCUT2D eigenvalue weighted by molar-refractivity contribution is -0.113. The van der Waals surface area contributed by atoms with Crippen LogP contribution in [0.4, 0.5) is 5.69 Å². The lowest BCUT2D eigenvalue weighted by atomic mass is 10.2. The highest BCUT2D eigenvalue weighted by molar-refractivity contribution is 8.00. The number of amides is 2. The van der Waals surface area contributed by atoms with Crippen molar-refractivity contribution < 1.29 is 14.4 Å². The largest absolute Gasteiger partial charge is 0.321 e. The van der Waals surface area contributed by atoms with Crippen molar-refractivity contribution in [3.8, 4) is 0 Å². The number of anilines is 1. The SMILES string of the molecule is CC(Sc1cccc(NC(=O)/C(=C\c2cccnc2)NC(=O)c2ccccc2)c1)C(=O)n1c2ccccc2c2ccccc21. The first-order chi connectivity index (χ1) is 21.5. The first-order valence-electron chi connectivity index (χ1n) is 14.1. The van der Waals surface area contributed by atoms with Crippen molar-refractivity contribution in [1.29, 1.82) is 0 Å². The minimum atomic E-state index is -0.491. The molecule has 0 fully saturated rings. The van der Waals surface area contributed by atoms with E-state index in [2.05, 4.69) is 15.6 Å². The maximum Gasteiger partial charge on any atom is 0.272 e. The Morgan fingerprint density at radius 2 is 1.48 bits per heavy atom. The Bertz CT molecular complexity index is 1970. The Labute approximate surface area is 258 Å². The Hall–Kier alpha value is -5.47. The normalized spacial score (nSPS) is 12.2. The summed E-state index contributed by atoms with van der Waals surface area (Å²) in [6.45, 7) is 1.88. The number of nitrogens with one attached hydrogen (secondary N) is 2. The number of hydrogen-bond acceptors (Lipinski definition) is 5. The Morgan fingerprint density at radius 1 is 0.795 bits per heavy atom. The van der Waals surface area contributed by atoms with Crippen molar-refractivity contribution in [2.45, 2.75) is 17.1 Å². The summed E-state index contributed by atoms with van der Waals surface area (Å²) in [5.74, 6) is -0.931. The van der Waals surface area contributed by atoms with Gasteiger partial charge in [-0.1, -0.05) is 66.7 Å². The highest BCUT2D eigenvalue weighted by atomic mass is 32.2. The van der Waals surface area contributed by atoms with E-state index >= 15 is 0 Å². The summed E-state index contributed by atoms with van der Waals surface area (Å²) < 4.78 is 1.79. The molecule has 7 nitrogen and oxygen atoms in total. The molecule has 0 spiro atoms. The van der Waals surface area contributed by atoms with E-state index in [0.717, 1.165) is 26.7 Å². The molecule has 2 heterocycles. The van der Waals surface area contributed by atoms with Crippen molar-refractivity contribution in [3.05, 3.63) is 144 Å². The Balaban J connectivity index is 1.22. The van der Waals surface area contributed by atoms with E-state index in [4.69, 9.17) is 0 Å². The second-order valence-corrected chi connectivity index (χ2v) is 11.5. The fourth-order valence-electron chi connectivity index (χ4n) is 5.01. The van der Waals surface area contributed by atoms with Crippen LogP contribution in [0.5, 0.6) is 0 Å². The Kier molecular flexibility index (Phi) is 8.34. The summed E-state index contributed by atoms with van der Waals surface area (Å²) in [5, 5.41) is 7.29. The lowest BCUT2D eigenvalue weighted by Crippen LogP contribution is -2.30. The third kappa shape index (κ3) is 6.16. The highest BCUT2D eigenvalue weighted by Crippen LogP contribution is 2.32. The number of hydrogen-bond donors (Lipinski definition) is 2. The van der Waals surface area contributed by atoms with Crippen LogP contribution in [0.15, 0.2) is 138 Å². The molecule has 2 aromatic heterocycles. The van der Waals surface area contributed by atoms with Gasteiger partial charge < -0.3 is 10.6 Å². The number of rotatable bonds is 8. The highest BCUT2D eigenvalue weighted by Gasteiger charge is 2.22. The third-order valence-corrected chi connectivity index (χ3v) is 8.16. The zero-order valence-corrected chi connectivity index (χ0v) is 24.6. The maximum absolute atomic E-state index is 13.8. The number of carbonyl (C=O) groups excluding carboxylic acids is 3. The van der Waals surface area contributed by atoms with Gasteiger partial charge in [-0.3, -0.25) is 23.9 Å². The molecule has 0 saturated heterocycles. The molecule has 8 heteroatoms. The first-order valence-corrected chi connectivity index (χ1v) is 14.9. The summed E-state index contributed by atoms with van der Waals surface area (Å²) >= 11 is 1.41. The molecule has 2 N–H and O–H groups in total. The molecular formula is C36H28N4O3S. The van der Waals surface area contributed by atoms with Crippen LogP contribution in [0.25, 0.3) is 27.9 Å². The molecule has 0 aliphatic heterocycles. The monoisotopic (exact) mass is 596 g/mol. The number of para-hydroxylation sites is 2. The number of fused-ring (bicyclic) bond motifs is 3. The topological polar surface area (TPSA) is 93.1 Å². The van der Waals surface area contributed by atoms with Crippen molar-refractivity contribution in [3.63, 3.8) is 0 Å². The lowest BCUT2D eigenvalue weighted by Gasteiger charge is -2.15. The van der Waals surface area contributed by atoms with E-state index < -0.39 is 17.1 Å². The van der Waals surface area contributed by atoms with Crippen LogP contribution in [0.3, 0.4) is 0 Å². The molecule has 216 valence electrons.